The lowest BCUT2D eigenvalue weighted by atomic mass is 9.81. The van der Waals surface area contributed by atoms with E-state index in [1.165, 1.54) is 5.56 Å². The van der Waals surface area contributed by atoms with Gasteiger partial charge in [0.2, 0.25) is 0 Å². The van der Waals surface area contributed by atoms with Crippen molar-refractivity contribution < 1.29 is 4.74 Å². The van der Waals surface area contributed by atoms with Crippen LogP contribution in [0.15, 0.2) is 24.3 Å². The summed E-state index contributed by atoms with van der Waals surface area (Å²) in [6, 6.07) is 8.32. The SMILES string of the molecule is CCOc1ccc(CNCC(C)(C)C(C)C)cc1. The summed E-state index contributed by atoms with van der Waals surface area (Å²) in [5.74, 6) is 1.63. The normalized spacial score (nSPS) is 11.9. The maximum Gasteiger partial charge on any atom is 0.119 e. The van der Waals surface area contributed by atoms with E-state index < -0.39 is 0 Å². The summed E-state index contributed by atoms with van der Waals surface area (Å²) in [7, 11) is 0. The minimum Gasteiger partial charge on any atom is -0.494 e. The van der Waals surface area contributed by atoms with Crippen LogP contribution in [0.5, 0.6) is 5.75 Å². The van der Waals surface area contributed by atoms with Gasteiger partial charge in [0.15, 0.2) is 0 Å². The summed E-state index contributed by atoms with van der Waals surface area (Å²) in [5.41, 5.74) is 1.64. The molecule has 0 amide bonds. The molecular formula is C16H27NO. The first-order chi connectivity index (χ1) is 8.45. The molecule has 0 bridgehead atoms. The van der Waals surface area contributed by atoms with Crippen molar-refractivity contribution in [3.05, 3.63) is 29.8 Å². The second-order valence-electron chi connectivity index (χ2n) is 5.82. The van der Waals surface area contributed by atoms with Crippen LogP contribution in [0.3, 0.4) is 0 Å². The highest BCUT2D eigenvalue weighted by molar-refractivity contribution is 5.27. The summed E-state index contributed by atoms with van der Waals surface area (Å²) in [6.07, 6.45) is 0. The maximum absolute atomic E-state index is 5.43. The average molecular weight is 249 g/mol. The molecule has 0 aliphatic rings. The lowest BCUT2D eigenvalue weighted by molar-refractivity contribution is 0.238. The number of rotatable bonds is 7. The standard InChI is InChI=1S/C16H27NO/c1-6-18-15-9-7-14(8-10-15)11-17-12-16(4,5)13(2)3/h7-10,13,17H,6,11-12H2,1-5H3. The van der Waals surface area contributed by atoms with Gasteiger partial charge in [-0.25, -0.2) is 0 Å². The van der Waals surface area contributed by atoms with E-state index in [-0.39, 0.29) is 0 Å². The molecule has 2 heteroatoms. The molecule has 2 nitrogen and oxygen atoms in total. The molecule has 0 saturated carbocycles. The van der Waals surface area contributed by atoms with Crippen molar-refractivity contribution in [2.75, 3.05) is 13.2 Å². The van der Waals surface area contributed by atoms with Crippen LogP contribution < -0.4 is 10.1 Å². The third-order valence-corrected chi connectivity index (χ3v) is 3.71. The molecule has 0 saturated heterocycles. The van der Waals surface area contributed by atoms with Crippen LogP contribution in [0, 0.1) is 11.3 Å². The molecule has 0 aliphatic heterocycles. The summed E-state index contributed by atoms with van der Waals surface area (Å²) >= 11 is 0. The van der Waals surface area contributed by atoms with E-state index in [0.29, 0.717) is 11.3 Å². The Kier molecular flexibility index (Phi) is 5.67. The van der Waals surface area contributed by atoms with Gasteiger partial charge in [0.05, 0.1) is 6.61 Å². The Morgan fingerprint density at radius 2 is 1.78 bits per heavy atom. The highest BCUT2D eigenvalue weighted by atomic mass is 16.5. The lowest BCUT2D eigenvalue weighted by Crippen LogP contribution is -2.33. The quantitative estimate of drug-likeness (QED) is 0.792. The molecule has 1 N–H and O–H groups in total. The van der Waals surface area contributed by atoms with Gasteiger partial charge in [-0.2, -0.15) is 0 Å². The van der Waals surface area contributed by atoms with Gasteiger partial charge >= 0.3 is 0 Å². The van der Waals surface area contributed by atoms with E-state index >= 15 is 0 Å². The van der Waals surface area contributed by atoms with Crippen molar-refractivity contribution in [3.63, 3.8) is 0 Å². The predicted octanol–water partition coefficient (Wildman–Crippen LogP) is 3.86. The van der Waals surface area contributed by atoms with Crippen molar-refractivity contribution in [2.24, 2.45) is 11.3 Å². The van der Waals surface area contributed by atoms with Crippen molar-refractivity contribution >= 4 is 0 Å². The fourth-order valence-corrected chi connectivity index (χ4v) is 1.60. The first-order valence-electron chi connectivity index (χ1n) is 6.88. The van der Waals surface area contributed by atoms with E-state index in [2.05, 4.69) is 45.1 Å². The zero-order valence-corrected chi connectivity index (χ0v) is 12.4. The molecule has 1 aromatic carbocycles. The van der Waals surface area contributed by atoms with Crippen LogP contribution in [0.2, 0.25) is 0 Å². The number of ether oxygens (including phenoxy) is 1. The fraction of sp³-hybridized carbons (Fsp3) is 0.625. The first kappa shape index (κ1) is 15.0. The Hall–Kier alpha value is -1.02. The Morgan fingerprint density at radius 3 is 2.28 bits per heavy atom. The Balaban J connectivity index is 2.40. The summed E-state index contributed by atoms with van der Waals surface area (Å²) in [4.78, 5) is 0. The van der Waals surface area contributed by atoms with Gasteiger partial charge in [0.25, 0.3) is 0 Å². The molecule has 0 fully saturated rings. The summed E-state index contributed by atoms with van der Waals surface area (Å²) in [5, 5.41) is 3.53. The predicted molar refractivity (Wildman–Crippen MR) is 77.9 cm³/mol. The monoisotopic (exact) mass is 249 g/mol. The molecule has 1 aromatic rings. The van der Waals surface area contributed by atoms with Crippen molar-refractivity contribution in [1.29, 1.82) is 0 Å². The number of hydrogen-bond acceptors (Lipinski definition) is 2. The van der Waals surface area contributed by atoms with Gasteiger partial charge in [-0.05, 0) is 36.0 Å². The molecule has 0 atom stereocenters. The molecule has 0 unspecified atom stereocenters. The van der Waals surface area contributed by atoms with Crippen molar-refractivity contribution in [1.82, 2.24) is 5.32 Å². The zero-order valence-electron chi connectivity index (χ0n) is 12.4. The summed E-state index contributed by atoms with van der Waals surface area (Å²) < 4.78 is 5.43. The van der Waals surface area contributed by atoms with E-state index in [9.17, 15) is 0 Å². The fourth-order valence-electron chi connectivity index (χ4n) is 1.60. The number of hydrogen-bond donors (Lipinski definition) is 1. The van der Waals surface area contributed by atoms with E-state index in [1.54, 1.807) is 0 Å². The minimum absolute atomic E-state index is 0.339. The largest absolute Gasteiger partial charge is 0.494 e. The van der Waals surface area contributed by atoms with E-state index in [0.717, 1.165) is 25.4 Å². The second kappa shape index (κ2) is 6.79. The van der Waals surface area contributed by atoms with Crippen molar-refractivity contribution in [3.8, 4) is 5.75 Å². The van der Waals surface area contributed by atoms with E-state index in [4.69, 9.17) is 4.74 Å². The Morgan fingerprint density at radius 1 is 1.17 bits per heavy atom. The molecule has 0 spiro atoms. The zero-order chi connectivity index (χ0) is 13.6. The van der Waals surface area contributed by atoms with Crippen LogP contribution in [-0.4, -0.2) is 13.2 Å². The topological polar surface area (TPSA) is 21.3 Å². The van der Waals surface area contributed by atoms with Gasteiger partial charge in [-0.15, -0.1) is 0 Å². The third-order valence-electron chi connectivity index (χ3n) is 3.71. The molecule has 0 aromatic heterocycles. The van der Waals surface area contributed by atoms with Crippen LogP contribution in [0.4, 0.5) is 0 Å². The summed E-state index contributed by atoms with van der Waals surface area (Å²) in [6.45, 7) is 13.9. The molecule has 0 radical (unpaired) electrons. The third kappa shape index (κ3) is 4.69. The number of benzene rings is 1. The van der Waals surface area contributed by atoms with Crippen molar-refractivity contribution in [2.45, 2.75) is 41.2 Å². The molecule has 18 heavy (non-hydrogen) atoms. The van der Waals surface area contributed by atoms with Gasteiger partial charge in [-0.1, -0.05) is 39.8 Å². The second-order valence-corrected chi connectivity index (χ2v) is 5.82. The van der Waals surface area contributed by atoms with Crippen LogP contribution >= 0.6 is 0 Å². The van der Waals surface area contributed by atoms with Gasteiger partial charge in [-0.3, -0.25) is 0 Å². The highest BCUT2D eigenvalue weighted by Crippen LogP contribution is 2.24. The molecule has 102 valence electrons. The van der Waals surface area contributed by atoms with Gasteiger partial charge in [0, 0.05) is 13.1 Å². The molecular weight excluding hydrogens is 222 g/mol. The molecule has 1 rings (SSSR count). The highest BCUT2D eigenvalue weighted by Gasteiger charge is 2.21. The Labute approximate surface area is 112 Å². The first-order valence-corrected chi connectivity index (χ1v) is 6.88. The van der Waals surface area contributed by atoms with Crippen LogP contribution in [0.1, 0.15) is 40.2 Å². The molecule has 0 aliphatic carbocycles. The average Bonchev–Trinajstić information content (AvgIpc) is 2.31. The van der Waals surface area contributed by atoms with Gasteiger partial charge < -0.3 is 10.1 Å². The molecule has 0 heterocycles. The van der Waals surface area contributed by atoms with Crippen LogP contribution in [-0.2, 0) is 6.54 Å². The van der Waals surface area contributed by atoms with Gasteiger partial charge in [0.1, 0.15) is 5.75 Å². The Bertz CT molecular complexity index is 341. The van der Waals surface area contributed by atoms with Crippen LogP contribution in [0.25, 0.3) is 0 Å². The smallest absolute Gasteiger partial charge is 0.119 e. The maximum atomic E-state index is 5.43. The number of nitrogens with one attached hydrogen (secondary N) is 1. The van der Waals surface area contributed by atoms with E-state index in [1.807, 2.05) is 19.1 Å². The minimum atomic E-state index is 0.339. The lowest BCUT2D eigenvalue weighted by Gasteiger charge is -2.29.